The van der Waals surface area contributed by atoms with Crippen LogP contribution in [0.4, 0.5) is 8.78 Å². The number of aromatic nitrogens is 1. The Bertz CT molecular complexity index is 504. The minimum absolute atomic E-state index is 0.123. The molecule has 0 bridgehead atoms. The van der Waals surface area contributed by atoms with Crippen molar-refractivity contribution in [3.8, 4) is 16.3 Å². The quantitative estimate of drug-likeness (QED) is 0.782. The second-order valence-electron chi connectivity index (χ2n) is 3.15. The maximum Gasteiger partial charge on any atom is 0.387 e. The highest BCUT2D eigenvalue weighted by molar-refractivity contribution is 7.13. The second-order valence-corrected chi connectivity index (χ2v) is 4.28. The van der Waals surface area contributed by atoms with Crippen molar-refractivity contribution >= 4 is 22.9 Å². The first-order chi connectivity index (χ1) is 8.20. The van der Waals surface area contributed by atoms with Gasteiger partial charge in [-0.15, -0.1) is 22.9 Å². The lowest BCUT2D eigenvalue weighted by atomic mass is 10.2. The lowest BCUT2D eigenvalue weighted by molar-refractivity contribution is -0.0494. The lowest BCUT2D eigenvalue weighted by Gasteiger charge is -2.07. The summed E-state index contributed by atoms with van der Waals surface area (Å²) in [6.45, 7) is -2.84. The van der Waals surface area contributed by atoms with Gasteiger partial charge in [-0.2, -0.15) is 8.78 Å². The minimum atomic E-state index is -2.84. The van der Waals surface area contributed by atoms with Crippen LogP contribution in [0.2, 0.25) is 0 Å². The van der Waals surface area contributed by atoms with Gasteiger partial charge in [-0.1, -0.05) is 12.1 Å². The van der Waals surface area contributed by atoms with Crippen molar-refractivity contribution in [3.63, 3.8) is 0 Å². The van der Waals surface area contributed by atoms with Crippen LogP contribution in [0.1, 0.15) is 5.69 Å². The third kappa shape index (κ3) is 2.92. The maximum atomic E-state index is 12.2. The molecule has 17 heavy (non-hydrogen) atoms. The highest BCUT2D eigenvalue weighted by atomic mass is 35.5. The predicted molar refractivity (Wildman–Crippen MR) is 63.7 cm³/mol. The molecule has 90 valence electrons. The van der Waals surface area contributed by atoms with Gasteiger partial charge in [-0.3, -0.25) is 0 Å². The molecular formula is C11H8ClF2NOS. The van der Waals surface area contributed by atoms with Crippen molar-refractivity contribution in [1.29, 1.82) is 0 Å². The van der Waals surface area contributed by atoms with E-state index in [9.17, 15) is 8.78 Å². The number of thiazole rings is 1. The third-order valence-corrected chi connectivity index (χ3v) is 3.22. The Morgan fingerprint density at radius 3 is 2.76 bits per heavy atom. The third-order valence-electron chi connectivity index (χ3n) is 2.02. The monoisotopic (exact) mass is 275 g/mol. The molecule has 1 aromatic heterocycles. The van der Waals surface area contributed by atoms with Crippen LogP contribution in [0.3, 0.4) is 0 Å². The zero-order valence-electron chi connectivity index (χ0n) is 8.57. The summed E-state index contributed by atoms with van der Waals surface area (Å²) in [7, 11) is 0. The molecule has 0 amide bonds. The molecule has 2 aromatic rings. The zero-order chi connectivity index (χ0) is 12.3. The molecule has 0 aliphatic heterocycles. The van der Waals surface area contributed by atoms with E-state index >= 15 is 0 Å². The molecule has 0 unspecified atom stereocenters. The van der Waals surface area contributed by atoms with E-state index in [2.05, 4.69) is 9.72 Å². The molecular weight excluding hydrogens is 268 g/mol. The Hall–Kier alpha value is -1.20. The van der Waals surface area contributed by atoms with E-state index in [0.29, 0.717) is 16.5 Å². The summed E-state index contributed by atoms with van der Waals surface area (Å²) in [6.07, 6.45) is 0. The molecule has 0 aliphatic carbocycles. The molecule has 0 fully saturated rings. The zero-order valence-corrected chi connectivity index (χ0v) is 10.1. The summed E-state index contributed by atoms with van der Waals surface area (Å²) < 4.78 is 28.9. The number of benzene rings is 1. The topological polar surface area (TPSA) is 22.1 Å². The molecule has 2 nitrogen and oxygen atoms in total. The number of ether oxygens (including phenoxy) is 1. The van der Waals surface area contributed by atoms with E-state index < -0.39 is 6.61 Å². The van der Waals surface area contributed by atoms with E-state index in [0.717, 1.165) is 5.69 Å². The number of nitrogens with zero attached hydrogens (tertiary/aromatic N) is 1. The molecule has 0 N–H and O–H groups in total. The first-order valence-corrected chi connectivity index (χ1v) is 6.16. The van der Waals surface area contributed by atoms with E-state index in [1.54, 1.807) is 23.6 Å². The van der Waals surface area contributed by atoms with E-state index in [1.165, 1.54) is 17.4 Å². The normalized spacial score (nSPS) is 10.8. The Kier molecular flexibility index (Phi) is 3.91. The SMILES string of the molecule is FC(F)Oc1ccccc1-c1nc(CCl)cs1. The Morgan fingerprint density at radius 1 is 1.35 bits per heavy atom. The van der Waals surface area contributed by atoms with Gasteiger partial charge >= 0.3 is 6.61 Å². The summed E-state index contributed by atoms with van der Waals surface area (Å²) >= 11 is 6.99. The highest BCUT2D eigenvalue weighted by Gasteiger charge is 2.13. The average Bonchev–Trinajstić information content (AvgIpc) is 2.77. The Labute approximate surface area is 106 Å². The smallest absolute Gasteiger partial charge is 0.387 e. The van der Waals surface area contributed by atoms with Crippen molar-refractivity contribution in [1.82, 2.24) is 4.98 Å². The molecule has 6 heteroatoms. The van der Waals surface area contributed by atoms with E-state index in [4.69, 9.17) is 11.6 Å². The fourth-order valence-corrected chi connectivity index (χ4v) is 2.41. The number of para-hydroxylation sites is 1. The first kappa shape index (κ1) is 12.3. The Balaban J connectivity index is 2.36. The van der Waals surface area contributed by atoms with Gasteiger partial charge in [0.2, 0.25) is 0 Å². The van der Waals surface area contributed by atoms with Crippen LogP contribution in [0.15, 0.2) is 29.6 Å². The second kappa shape index (κ2) is 5.42. The van der Waals surface area contributed by atoms with Crippen molar-refractivity contribution in [2.75, 3.05) is 0 Å². The number of alkyl halides is 3. The molecule has 2 rings (SSSR count). The van der Waals surface area contributed by atoms with Crippen LogP contribution in [-0.2, 0) is 5.88 Å². The van der Waals surface area contributed by atoms with Crippen molar-refractivity contribution in [2.24, 2.45) is 0 Å². The van der Waals surface area contributed by atoms with E-state index in [1.807, 2.05) is 0 Å². The summed E-state index contributed by atoms with van der Waals surface area (Å²) in [4.78, 5) is 4.23. The molecule has 1 aromatic carbocycles. The summed E-state index contributed by atoms with van der Waals surface area (Å²) in [5.74, 6) is 0.423. The predicted octanol–water partition coefficient (Wildman–Crippen LogP) is 4.15. The molecule has 0 saturated heterocycles. The van der Waals surface area contributed by atoms with Gasteiger partial charge < -0.3 is 4.74 Å². The largest absolute Gasteiger partial charge is 0.434 e. The average molecular weight is 276 g/mol. The molecule has 0 atom stereocenters. The van der Waals surface area contributed by atoms with Crippen molar-refractivity contribution in [3.05, 3.63) is 35.3 Å². The summed E-state index contributed by atoms with van der Waals surface area (Å²) in [6, 6.07) is 6.56. The number of halogens is 3. The molecule has 0 spiro atoms. The standard InChI is InChI=1S/C11H8ClF2NOS/c12-5-7-6-17-10(15-7)8-3-1-2-4-9(8)16-11(13)14/h1-4,6,11H,5H2. The van der Waals surface area contributed by atoms with Crippen LogP contribution in [0, 0.1) is 0 Å². The van der Waals surface area contributed by atoms with Crippen molar-refractivity contribution in [2.45, 2.75) is 12.5 Å². The lowest BCUT2D eigenvalue weighted by Crippen LogP contribution is -2.02. The minimum Gasteiger partial charge on any atom is -0.434 e. The van der Waals surface area contributed by atoms with Gasteiger partial charge in [0.15, 0.2) is 0 Å². The van der Waals surface area contributed by atoms with Crippen molar-refractivity contribution < 1.29 is 13.5 Å². The first-order valence-electron chi connectivity index (χ1n) is 4.75. The van der Waals surface area contributed by atoms with Gasteiger partial charge in [-0.25, -0.2) is 4.98 Å². The van der Waals surface area contributed by atoms with Gasteiger partial charge in [0, 0.05) is 5.38 Å². The molecule has 0 saturated carbocycles. The van der Waals surface area contributed by atoms with Crippen LogP contribution >= 0.6 is 22.9 Å². The molecule has 0 aliphatic rings. The van der Waals surface area contributed by atoms with Gasteiger partial charge in [0.25, 0.3) is 0 Å². The molecule has 0 radical (unpaired) electrons. The fourth-order valence-electron chi connectivity index (χ4n) is 1.33. The maximum absolute atomic E-state index is 12.2. The van der Waals surface area contributed by atoms with Gasteiger partial charge in [0.1, 0.15) is 10.8 Å². The van der Waals surface area contributed by atoms with Crippen LogP contribution in [-0.4, -0.2) is 11.6 Å². The number of rotatable bonds is 4. The summed E-state index contributed by atoms with van der Waals surface area (Å²) in [5.41, 5.74) is 1.27. The van der Waals surface area contributed by atoms with Gasteiger partial charge in [-0.05, 0) is 12.1 Å². The highest BCUT2D eigenvalue weighted by Crippen LogP contribution is 2.33. The molecule has 1 heterocycles. The summed E-state index contributed by atoms with van der Waals surface area (Å²) in [5, 5.41) is 2.42. The van der Waals surface area contributed by atoms with Crippen LogP contribution < -0.4 is 4.74 Å². The number of hydrogen-bond acceptors (Lipinski definition) is 3. The van der Waals surface area contributed by atoms with Gasteiger partial charge in [0.05, 0.1) is 17.1 Å². The van der Waals surface area contributed by atoms with Crippen LogP contribution in [0.25, 0.3) is 10.6 Å². The Morgan fingerprint density at radius 2 is 2.12 bits per heavy atom. The fraction of sp³-hybridized carbons (Fsp3) is 0.182. The number of hydrogen-bond donors (Lipinski definition) is 0. The van der Waals surface area contributed by atoms with Crippen LogP contribution in [0.5, 0.6) is 5.75 Å². The van der Waals surface area contributed by atoms with E-state index in [-0.39, 0.29) is 5.75 Å².